The van der Waals surface area contributed by atoms with Crippen molar-refractivity contribution in [2.75, 3.05) is 6.54 Å². The zero-order chi connectivity index (χ0) is 13.8. The van der Waals surface area contributed by atoms with Crippen molar-refractivity contribution in [1.29, 1.82) is 0 Å². The first-order valence-electron chi connectivity index (χ1n) is 6.01. The molecular formula is C15H15BrFNO. The lowest BCUT2D eigenvalue weighted by atomic mass is 9.89. The molecule has 0 spiro atoms. The average Bonchev–Trinajstić information content (AvgIpc) is 2.39. The molecule has 0 aliphatic heterocycles. The predicted molar refractivity (Wildman–Crippen MR) is 77.3 cm³/mol. The summed E-state index contributed by atoms with van der Waals surface area (Å²) in [6.45, 7) is 0.286. The van der Waals surface area contributed by atoms with Crippen molar-refractivity contribution >= 4 is 15.9 Å². The lowest BCUT2D eigenvalue weighted by Gasteiger charge is -2.22. The fourth-order valence-electron chi connectivity index (χ4n) is 2.11. The van der Waals surface area contributed by atoms with E-state index in [9.17, 15) is 9.50 Å². The van der Waals surface area contributed by atoms with Crippen molar-refractivity contribution in [1.82, 2.24) is 0 Å². The molecular weight excluding hydrogens is 309 g/mol. The van der Waals surface area contributed by atoms with Crippen molar-refractivity contribution in [3.05, 3.63) is 69.9 Å². The van der Waals surface area contributed by atoms with Gasteiger partial charge in [0.2, 0.25) is 0 Å². The van der Waals surface area contributed by atoms with E-state index in [4.69, 9.17) is 5.73 Å². The van der Waals surface area contributed by atoms with E-state index >= 15 is 0 Å². The molecule has 0 bridgehead atoms. The highest BCUT2D eigenvalue weighted by Crippen LogP contribution is 2.31. The van der Waals surface area contributed by atoms with Gasteiger partial charge in [0.1, 0.15) is 5.82 Å². The van der Waals surface area contributed by atoms with Gasteiger partial charge < -0.3 is 10.8 Å². The van der Waals surface area contributed by atoms with Crippen molar-refractivity contribution in [3.63, 3.8) is 0 Å². The van der Waals surface area contributed by atoms with Crippen LogP contribution in [0.3, 0.4) is 0 Å². The summed E-state index contributed by atoms with van der Waals surface area (Å²) in [5.74, 6) is -0.624. The van der Waals surface area contributed by atoms with Crippen LogP contribution in [0.5, 0.6) is 0 Å². The van der Waals surface area contributed by atoms with Crippen LogP contribution in [0.4, 0.5) is 4.39 Å². The van der Waals surface area contributed by atoms with Crippen LogP contribution in [0.15, 0.2) is 53.0 Å². The molecule has 2 atom stereocenters. The Bertz CT molecular complexity index is 561. The third-order valence-electron chi connectivity index (χ3n) is 3.10. The van der Waals surface area contributed by atoms with Crippen LogP contribution < -0.4 is 5.73 Å². The maximum Gasteiger partial charge on any atom is 0.123 e. The Morgan fingerprint density at radius 3 is 2.42 bits per heavy atom. The van der Waals surface area contributed by atoms with Crippen LogP contribution in [0.1, 0.15) is 23.1 Å². The zero-order valence-electron chi connectivity index (χ0n) is 10.3. The lowest BCUT2D eigenvalue weighted by molar-refractivity contribution is 0.147. The fourth-order valence-corrected chi connectivity index (χ4v) is 2.52. The molecule has 0 amide bonds. The Labute approximate surface area is 120 Å². The van der Waals surface area contributed by atoms with E-state index < -0.39 is 6.10 Å². The summed E-state index contributed by atoms with van der Waals surface area (Å²) >= 11 is 3.39. The van der Waals surface area contributed by atoms with Crippen molar-refractivity contribution in [2.24, 2.45) is 5.73 Å². The van der Waals surface area contributed by atoms with Crippen LogP contribution in [0, 0.1) is 5.82 Å². The highest BCUT2D eigenvalue weighted by molar-refractivity contribution is 9.10. The van der Waals surface area contributed by atoms with Gasteiger partial charge in [0.05, 0.1) is 6.10 Å². The second-order valence-corrected chi connectivity index (χ2v) is 5.31. The molecule has 19 heavy (non-hydrogen) atoms. The van der Waals surface area contributed by atoms with E-state index in [0.29, 0.717) is 5.56 Å². The van der Waals surface area contributed by atoms with Gasteiger partial charge in [0.15, 0.2) is 0 Å². The van der Waals surface area contributed by atoms with Gasteiger partial charge in [-0.25, -0.2) is 4.39 Å². The Hall–Kier alpha value is -1.23. The number of hydrogen-bond acceptors (Lipinski definition) is 2. The van der Waals surface area contributed by atoms with E-state index in [-0.39, 0.29) is 18.3 Å². The quantitative estimate of drug-likeness (QED) is 0.906. The van der Waals surface area contributed by atoms with E-state index in [0.717, 1.165) is 10.0 Å². The fraction of sp³-hybridized carbons (Fsp3) is 0.200. The van der Waals surface area contributed by atoms with Gasteiger partial charge >= 0.3 is 0 Å². The van der Waals surface area contributed by atoms with E-state index in [1.54, 1.807) is 12.1 Å². The second kappa shape index (κ2) is 6.28. The lowest BCUT2D eigenvalue weighted by Crippen LogP contribution is -2.20. The molecule has 0 fully saturated rings. The van der Waals surface area contributed by atoms with E-state index in [2.05, 4.69) is 15.9 Å². The van der Waals surface area contributed by atoms with Crippen LogP contribution in [-0.4, -0.2) is 11.7 Å². The molecule has 2 rings (SSSR count). The summed E-state index contributed by atoms with van der Waals surface area (Å²) in [4.78, 5) is 0. The van der Waals surface area contributed by atoms with Crippen molar-refractivity contribution in [3.8, 4) is 0 Å². The minimum atomic E-state index is -0.824. The Morgan fingerprint density at radius 1 is 1.11 bits per heavy atom. The maximum atomic E-state index is 13.2. The number of halogens is 2. The summed E-state index contributed by atoms with van der Waals surface area (Å²) in [7, 11) is 0. The molecule has 0 saturated carbocycles. The van der Waals surface area contributed by atoms with Gasteiger partial charge in [-0.2, -0.15) is 0 Å². The predicted octanol–water partition coefficient (Wildman–Crippen LogP) is 3.36. The molecule has 2 aromatic carbocycles. The largest absolute Gasteiger partial charge is 0.388 e. The molecule has 2 nitrogen and oxygen atoms in total. The SMILES string of the molecule is NCC(c1cccc(Br)c1)C(O)c1cccc(F)c1. The number of benzene rings is 2. The molecule has 0 aromatic heterocycles. The third-order valence-corrected chi connectivity index (χ3v) is 3.60. The number of aliphatic hydroxyl groups is 1. The van der Waals surface area contributed by atoms with Crippen LogP contribution in [0.25, 0.3) is 0 Å². The second-order valence-electron chi connectivity index (χ2n) is 4.40. The van der Waals surface area contributed by atoms with Gasteiger partial charge in [-0.3, -0.25) is 0 Å². The monoisotopic (exact) mass is 323 g/mol. The minimum absolute atomic E-state index is 0.265. The first-order chi connectivity index (χ1) is 9.11. The molecule has 3 N–H and O–H groups in total. The van der Waals surface area contributed by atoms with E-state index in [1.807, 2.05) is 24.3 Å². The normalized spacial score (nSPS) is 14.1. The summed E-state index contributed by atoms with van der Waals surface area (Å²) in [5, 5.41) is 10.4. The Kier molecular flexibility index (Phi) is 4.69. The van der Waals surface area contributed by atoms with Gasteiger partial charge in [-0.05, 0) is 35.4 Å². The summed E-state index contributed by atoms with van der Waals surface area (Å²) in [6.07, 6.45) is -0.824. The van der Waals surface area contributed by atoms with Crippen LogP contribution in [0.2, 0.25) is 0 Å². The molecule has 0 aliphatic carbocycles. The molecule has 2 unspecified atom stereocenters. The van der Waals surface area contributed by atoms with Crippen molar-refractivity contribution in [2.45, 2.75) is 12.0 Å². The number of rotatable bonds is 4. The van der Waals surface area contributed by atoms with Gasteiger partial charge in [0.25, 0.3) is 0 Å². The molecule has 100 valence electrons. The van der Waals surface area contributed by atoms with Gasteiger partial charge in [-0.1, -0.05) is 40.2 Å². The Balaban J connectivity index is 2.31. The number of hydrogen-bond donors (Lipinski definition) is 2. The highest BCUT2D eigenvalue weighted by Gasteiger charge is 2.21. The van der Waals surface area contributed by atoms with Crippen molar-refractivity contribution < 1.29 is 9.50 Å². The zero-order valence-corrected chi connectivity index (χ0v) is 11.8. The summed E-state index contributed by atoms with van der Waals surface area (Å²) < 4.78 is 14.1. The van der Waals surface area contributed by atoms with Crippen LogP contribution >= 0.6 is 15.9 Å². The Morgan fingerprint density at radius 2 is 1.79 bits per heavy atom. The first-order valence-corrected chi connectivity index (χ1v) is 6.80. The third kappa shape index (κ3) is 3.41. The average molecular weight is 324 g/mol. The topological polar surface area (TPSA) is 46.2 Å². The minimum Gasteiger partial charge on any atom is -0.388 e. The molecule has 4 heteroatoms. The number of aliphatic hydroxyl groups excluding tert-OH is 1. The first kappa shape index (κ1) is 14.2. The maximum absolute atomic E-state index is 13.2. The van der Waals surface area contributed by atoms with Gasteiger partial charge in [0, 0.05) is 16.9 Å². The summed E-state index contributed by atoms with van der Waals surface area (Å²) in [5.41, 5.74) is 7.22. The molecule has 0 heterocycles. The summed E-state index contributed by atoms with van der Waals surface area (Å²) in [6, 6.07) is 13.6. The molecule has 0 saturated heterocycles. The smallest absolute Gasteiger partial charge is 0.123 e. The molecule has 2 aromatic rings. The molecule has 0 radical (unpaired) electrons. The number of nitrogens with two attached hydrogens (primary N) is 1. The standard InChI is InChI=1S/C15H15BrFNO/c16-12-5-1-3-10(7-12)14(9-18)15(19)11-4-2-6-13(17)8-11/h1-8,14-15,19H,9,18H2. The highest BCUT2D eigenvalue weighted by atomic mass is 79.9. The molecule has 0 aliphatic rings. The van der Waals surface area contributed by atoms with E-state index in [1.165, 1.54) is 12.1 Å². The van der Waals surface area contributed by atoms with Crippen LogP contribution in [-0.2, 0) is 0 Å². The van der Waals surface area contributed by atoms with Gasteiger partial charge in [-0.15, -0.1) is 0 Å².